The molecular formula is C10H8F2N2O2. The smallest absolute Gasteiger partial charge is 0.337 e. The molecule has 1 heterocycles. The topological polar surface area (TPSA) is 74.0 Å². The number of carboxylic acids is 1. The third-order valence-electron chi connectivity index (χ3n) is 2.02. The number of hydrogen-bond acceptors (Lipinski definition) is 3. The molecule has 1 rings (SSSR count). The van der Waals surface area contributed by atoms with Crippen LogP contribution in [0.5, 0.6) is 0 Å². The summed E-state index contributed by atoms with van der Waals surface area (Å²) < 4.78 is 25.1. The molecule has 0 atom stereocenters. The van der Waals surface area contributed by atoms with Crippen LogP contribution in [0, 0.1) is 11.3 Å². The van der Waals surface area contributed by atoms with Crippen molar-refractivity contribution < 1.29 is 18.7 Å². The molecule has 0 aliphatic heterocycles. The van der Waals surface area contributed by atoms with Crippen molar-refractivity contribution in [2.45, 2.75) is 19.8 Å². The highest BCUT2D eigenvalue weighted by Gasteiger charge is 2.22. The number of hydrogen-bond donors (Lipinski definition) is 1. The van der Waals surface area contributed by atoms with Gasteiger partial charge in [-0.25, -0.2) is 18.6 Å². The second kappa shape index (κ2) is 4.66. The van der Waals surface area contributed by atoms with E-state index in [4.69, 9.17) is 10.4 Å². The maximum Gasteiger partial charge on any atom is 0.337 e. The molecule has 0 radical (unpaired) electrons. The molecule has 0 spiro atoms. The van der Waals surface area contributed by atoms with Crippen molar-refractivity contribution in [3.8, 4) is 6.07 Å². The summed E-state index contributed by atoms with van der Waals surface area (Å²) >= 11 is 0. The van der Waals surface area contributed by atoms with E-state index in [1.165, 1.54) is 0 Å². The lowest BCUT2D eigenvalue weighted by molar-refractivity contribution is 0.0682. The summed E-state index contributed by atoms with van der Waals surface area (Å²) in [6.07, 6.45) is -2.67. The van der Waals surface area contributed by atoms with Gasteiger partial charge in [-0.3, -0.25) is 0 Å². The number of nitrogens with zero attached hydrogens (tertiary/aromatic N) is 2. The predicted octanol–water partition coefficient (Wildman–Crippen LogP) is 2.15. The molecule has 6 heteroatoms. The molecule has 1 aromatic rings. The van der Waals surface area contributed by atoms with Crippen LogP contribution in [-0.2, 0) is 6.42 Å². The summed E-state index contributed by atoms with van der Waals surface area (Å²) in [6, 6.07) is 2.68. The third kappa shape index (κ3) is 2.14. The van der Waals surface area contributed by atoms with Gasteiger partial charge in [0.25, 0.3) is 6.43 Å². The van der Waals surface area contributed by atoms with Gasteiger partial charge >= 0.3 is 5.97 Å². The Morgan fingerprint density at radius 2 is 2.31 bits per heavy atom. The highest BCUT2D eigenvalue weighted by Crippen LogP contribution is 2.23. The van der Waals surface area contributed by atoms with Gasteiger partial charge in [0.2, 0.25) is 0 Å². The summed E-state index contributed by atoms with van der Waals surface area (Å²) in [4.78, 5) is 14.2. The van der Waals surface area contributed by atoms with E-state index in [1.807, 2.05) is 0 Å². The zero-order valence-corrected chi connectivity index (χ0v) is 8.37. The maximum atomic E-state index is 12.5. The van der Waals surface area contributed by atoms with E-state index < -0.39 is 23.7 Å². The quantitative estimate of drug-likeness (QED) is 0.856. The maximum absolute atomic E-state index is 12.5. The number of pyridine rings is 1. The minimum absolute atomic E-state index is 0.0179. The number of carbonyl (C=O) groups is 1. The fourth-order valence-electron chi connectivity index (χ4n) is 1.27. The standard InChI is InChI=1S/C10H8F2N2O2/c1-2-7-5(4-13)3-6(10(15)16)8(14-7)9(11)12/h3,9H,2H2,1H3,(H,15,16). The molecule has 1 N–H and O–H groups in total. The number of aryl methyl sites for hydroxylation is 1. The van der Waals surface area contributed by atoms with Crippen molar-refractivity contribution >= 4 is 5.97 Å². The zero-order chi connectivity index (χ0) is 12.3. The summed E-state index contributed by atoms with van der Waals surface area (Å²) in [5, 5.41) is 17.4. The van der Waals surface area contributed by atoms with E-state index in [1.54, 1.807) is 13.0 Å². The first-order valence-electron chi connectivity index (χ1n) is 4.46. The van der Waals surface area contributed by atoms with Gasteiger partial charge in [-0.05, 0) is 12.5 Å². The predicted molar refractivity (Wildman–Crippen MR) is 50.2 cm³/mol. The molecule has 0 aliphatic carbocycles. The number of alkyl halides is 2. The first-order valence-corrected chi connectivity index (χ1v) is 4.46. The summed E-state index contributed by atoms with van der Waals surface area (Å²) in [5.74, 6) is -1.51. The highest BCUT2D eigenvalue weighted by molar-refractivity contribution is 5.89. The molecule has 1 aromatic heterocycles. The summed E-state index contributed by atoms with van der Waals surface area (Å²) in [5.41, 5.74) is -1.21. The van der Waals surface area contributed by atoms with Crippen LogP contribution in [0.4, 0.5) is 8.78 Å². The monoisotopic (exact) mass is 226 g/mol. The average molecular weight is 226 g/mol. The fraction of sp³-hybridized carbons (Fsp3) is 0.300. The molecule has 0 saturated carbocycles. The molecular weight excluding hydrogens is 218 g/mol. The molecule has 0 unspecified atom stereocenters. The normalized spacial score (nSPS) is 10.2. The molecule has 0 bridgehead atoms. The molecule has 16 heavy (non-hydrogen) atoms. The molecule has 0 amide bonds. The first-order chi connectivity index (χ1) is 7.51. The molecule has 0 fully saturated rings. The second-order valence-electron chi connectivity index (χ2n) is 2.99. The average Bonchev–Trinajstić information content (AvgIpc) is 2.26. The zero-order valence-electron chi connectivity index (χ0n) is 8.37. The number of aromatic carboxylic acids is 1. The second-order valence-corrected chi connectivity index (χ2v) is 2.99. The van der Waals surface area contributed by atoms with E-state index in [2.05, 4.69) is 4.98 Å². The van der Waals surface area contributed by atoms with Crippen LogP contribution < -0.4 is 0 Å². The van der Waals surface area contributed by atoms with Crippen molar-refractivity contribution in [3.63, 3.8) is 0 Å². The number of aromatic nitrogens is 1. The van der Waals surface area contributed by atoms with Crippen LogP contribution in [0.3, 0.4) is 0 Å². The van der Waals surface area contributed by atoms with Crippen LogP contribution >= 0.6 is 0 Å². The van der Waals surface area contributed by atoms with Crippen molar-refractivity contribution in [2.75, 3.05) is 0 Å². The Morgan fingerprint density at radius 3 is 2.69 bits per heavy atom. The number of rotatable bonds is 3. The van der Waals surface area contributed by atoms with Gasteiger partial charge in [0.05, 0.1) is 16.8 Å². The lowest BCUT2D eigenvalue weighted by atomic mass is 10.1. The van der Waals surface area contributed by atoms with E-state index in [0.717, 1.165) is 6.07 Å². The number of carboxylic acid groups (broad SMARTS) is 1. The molecule has 4 nitrogen and oxygen atoms in total. The molecule has 0 aromatic carbocycles. The van der Waals surface area contributed by atoms with Crippen molar-refractivity contribution in [3.05, 3.63) is 28.6 Å². The van der Waals surface area contributed by atoms with E-state index in [9.17, 15) is 13.6 Å². The summed E-state index contributed by atoms with van der Waals surface area (Å²) in [6.45, 7) is 1.65. The van der Waals surface area contributed by atoms with E-state index >= 15 is 0 Å². The van der Waals surface area contributed by atoms with Crippen molar-refractivity contribution in [2.24, 2.45) is 0 Å². The van der Waals surface area contributed by atoms with Crippen LogP contribution in [0.25, 0.3) is 0 Å². The van der Waals surface area contributed by atoms with Crippen molar-refractivity contribution in [1.82, 2.24) is 4.98 Å². The Hall–Kier alpha value is -2.03. The Labute approximate surface area is 90.2 Å². The summed E-state index contributed by atoms with van der Waals surface area (Å²) in [7, 11) is 0. The SMILES string of the molecule is CCc1nc(C(F)F)c(C(=O)O)cc1C#N. The Morgan fingerprint density at radius 1 is 1.69 bits per heavy atom. The largest absolute Gasteiger partial charge is 0.478 e. The van der Waals surface area contributed by atoms with Gasteiger partial charge in [0.15, 0.2) is 0 Å². The fourth-order valence-corrected chi connectivity index (χ4v) is 1.27. The van der Waals surface area contributed by atoms with Gasteiger partial charge in [0, 0.05) is 0 Å². The van der Waals surface area contributed by atoms with Crippen LogP contribution in [-0.4, -0.2) is 16.1 Å². The number of halogens is 2. The third-order valence-corrected chi connectivity index (χ3v) is 2.02. The van der Waals surface area contributed by atoms with E-state index in [-0.39, 0.29) is 11.3 Å². The first kappa shape index (κ1) is 12.0. The molecule has 0 aliphatic rings. The van der Waals surface area contributed by atoms with Gasteiger partial charge < -0.3 is 5.11 Å². The van der Waals surface area contributed by atoms with Gasteiger partial charge in [-0.1, -0.05) is 6.92 Å². The Balaban J connectivity index is 3.49. The van der Waals surface area contributed by atoms with Crippen LogP contribution in [0.2, 0.25) is 0 Å². The lowest BCUT2D eigenvalue weighted by Crippen LogP contribution is -2.09. The minimum Gasteiger partial charge on any atom is -0.478 e. The Kier molecular flexibility index (Phi) is 3.51. The number of nitriles is 1. The van der Waals surface area contributed by atoms with Crippen molar-refractivity contribution in [1.29, 1.82) is 5.26 Å². The van der Waals surface area contributed by atoms with E-state index in [0.29, 0.717) is 6.42 Å². The van der Waals surface area contributed by atoms with Gasteiger partial charge in [-0.15, -0.1) is 0 Å². The molecule has 0 saturated heterocycles. The van der Waals surface area contributed by atoms with Crippen LogP contribution in [0.15, 0.2) is 6.07 Å². The molecule has 84 valence electrons. The van der Waals surface area contributed by atoms with Gasteiger partial charge in [0.1, 0.15) is 11.8 Å². The van der Waals surface area contributed by atoms with Gasteiger partial charge in [-0.2, -0.15) is 5.26 Å². The van der Waals surface area contributed by atoms with Crippen LogP contribution in [0.1, 0.15) is 40.7 Å². The Bertz CT molecular complexity index is 467. The minimum atomic E-state index is -2.97. The highest BCUT2D eigenvalue weighted by atomic mass is 19.3. The lowest BCUT2D eigenvalue weighted by Gasteiger charge is -2.07.